The number of para-hydroxylation sites is 1. The summed E-state index contributed by atoms with van der Waals surface area (Å²) in [4.78, 5) is 14.6. The van der Waals surface area contributed by atoms with Gasteiger partial charge >= 0.3 is 0 Å². The van der Waals surface area contributed by atoms with E-state index >= 15 is 0 Å². The summed E-state index contributed by atoms with van der Waals surface area (Å²) in [7, 11) is 0. The van der Waals surface area contributed by atoms with Gasteiger partial charge in [-0.3, -0.25) is 4.79 Å². The Labute approximate surface area is 137 Å². The minimum Gasteiger partial charge on any atom is -0.316 e. The van der Waals surface area contributed by atoms with Gasteiger partial charge in [-0.25, -0.2) is 0 Å². The third-order valence-electron chi connectivity index (χ3n) is 3.94. The molecule has 0 aromatic heterocycles. The van der Waals surface area contributed by atoms with Crippen molar-refractivity contribution < 1.29 is 4.79 Å². The first-order valence-electron chi connectivity index (χ1n) is 7.99. The molecule has 0 aliphatic carbocycles. The predicted molar refractivity (Wildman–Crippen MR) is 93.2 cm³/mol. The van der Waals surface area contributed by atoms with E-state index in [9.17, 15) is 4.79 Å². The number of benzene rings is 2. The molecule has 1 amide bonds. The van der Waals surface area contributed by atoms with Crippen LogP contribution in [0.4, 0.5) is 5.69 Å². The summed E-state index contributed by atoms with van der Waals surface area (Å²) in [5.74, 6) is 6.57. The highest BCUT2D eigenvalue weighted by Crippen LogP contribution is 2.25. The highest BCUT2D eigenvalue weighted by Gasteiger charge is 2.20. The van der Waals surface area contributed by atoms with Crippen LogP contribution in [0.15, 0.2) is 48.5 Å². The van der Waals surface area contributed by atoms with Crippen molar-refractivity contribution in [1.82, 2.24) is 5.32 Å². The van der Waals surface area contributed by atoms with Crippen LogP contribution >= 0.6 is 0 Å². The Kier molecular flexibility index (Phi) is 4.75. The van der Waals surface area contributed by atoms with Gasteiger partial charge < -0.3 is 10.2 Å². The molecule has 2 aromatic carbocycles. The van der Waals surface area contributed by atoms with E-state index in [0.717, 1.165) is 28.9 Å². The van der Waals surface area contributed by atoms with Gasteiger partial charge in [0.05, 0.1) is 12.2 Å². The van der Waals surface area contributed by atoms with Gasteiger partial charge in [-0.15, -0.1) is 0 Å². The number of nitrogens with zero attached hydrogens (tertiary/aromatic N) is 1. The van der Waals surface area contributed by atoms with E-state index < -0.39 is 0 Å². The molecule has 3 rings (SSSR count). The van der Waals surface area contributed by atoms with E-state index in [0.29, 0.717) is 19.5 Å². The fourth-order valence-electron chi connectivity index (χ4n) is 2.71. The van der Waals surface area contributed by atoms with Crippen molar-refractivity contribution in [2.24, 2.45) is 0 Å². The zero-order valence-electron chi connectivity index (χ0n) is 13.3. The maximum Gasteiger partial charge on any atom is 0.228 e. The summed E-state index contributed by atoms with van der Waals surface area (Å²) in [6, 6.07) is 15.9. The summed E-state index contributed by atoms with van der Waals surface area (Å²) < 4.78 is 0. The molecule has 1 N–H and O–H groups in total. The van der Waals surface area contributed by atoms with Gasteiger partial charge in [0.25, 0.3) is 0 Å². The molecule has 116 valence electrons. The SMILES string of the molecule is CCNCCC(=O)N1Cc2ccccc2C#Cc2ccccc21. The number of nitrogens with one attached hydrogen (secondary N) is 1. The number of hydrogen-bond donors (Lipinski definition) is 1. The fourth-order valence-corrected chi connectivity index (χ4v) is 2.71. The molecular weight excluding hydrogens is 284 g/mol. The molecular formula is C20H20N2O. The molecule has 0 radical (unpaired) electrons. The average molecular weight is 304 g/mol. The van der Waals surface area contributed by atoms with E-state index in [-0.39, 0.29) is 5.91 Å². The van der Waals surface area contributed by atoms with Gasteiger partial charge in [0.1, 0.15) is 0 Å². The summed E-state index contributed by atoms with van der Waals surface area (Å²) in [6.45, 7) is 4.17. The monoisotopic (exact) mass is 304 g/mol. The largest absolute Gasteiger partial charge is 0.316 e. The summed E-state index contributed by atoms with van der Waals surface area (Å²) in [5, 5.41) is 3.21. The van der Waals surface area contributed by atoms with Crippen molar-refractivity contribution in [2.45, 2.75) is 19.9 Å². The third-order valence-corrected chi connectivity index (χ3v) is 3.94. The Bertz CT molecular complexity index is 770. The molecule has 0 bridgehead atoms. The lowest BCUT2D eigenvalue weighted by Crippen LogP contribution is -2.34. The minimum atomic E-state index is 0.122. The van der Waals surface area contributed by atoms with Crippen molar-refractivity contribution in [3.63, 3.8) is 0 Å². The van der Waals surface area contributed by atoms with Gasteiger partial charge in [-0.2, -0.15) is 0 Å². The molecule has 23 heavy (non-hydrogen) atoms. The molecule has 1 heterocycles. The smallest absolute Gasteiger partial charge is 0.228 e. The molecule has 3 nitrogen and oxygen atoms in total. The Morgan fingerprint density at radius 3 is 2.61 bits per heavy atom. The van der Waals surface area contributed by atoms with Crippen LogP contribution in [-0.4, -0.2) is 19.0 Å². The van der Waals surface area contributed by atoms with Crippen LogP contribution < -0.4 is 10.2 Å². The van der Waals surface area contributed by atoms with Crippen molar-refractivity contribution in [3.8, 4) is 11.8 Å². The van der Waals surface area contributed by atoms with Gasteiger partial charge in [-0.05, 0) is 30.3 Å². The van der Waals surface area contributed by atoms with Crippen LogP contribution in [0, 0.1) is 11.8 Å². The van der Waals surface area contributed by atoms with Gasteiger partial charge in [0.2, 0.25) is 5.91 Å². The Morgan fingerprint density at radius 1 is 1.09 bits per heavy atom. The lowest BCUT2D eigenvalue weighted by atomic mass is 10.0. The quantitative estimate of drug-likeness (QED) is 0.696. The zero-order valence-corrected chi connectivity index (χ0v) is 13.3. The minimum absolute atomic E-state index is 0.122. The van der Waals surface area contributed by atoms with Gasteiger partial charge in [-0.1, -0.05) is 49.1 Å². The lowest BCUT2D eigenvalue weighted by Gasteiger charge is -2.26. The second-order valence-corrected chi connectivity index (χ2v) is 5.51. The van der Waals surface area contributed by atoms with Crippen LogP contribution in [0.25, 0.3) is 0 Å². The normalized spacial score (nSPS) is 12.3. The van der Waals surface area contributed by atoms with Crippen LogP contribution in [-0.2, 0) is 11.3 Å². The first-order valence-corrected chi connectivity index (χ1v) is 7.99. The van der Waals surface area contributed by atoms with Crippen LogP contribution in [0.1, 0.15) is 30.0 Å². The molecule has 1 aliphatic heterocycles. The summed E-state index contributed by atoms with van der Waals surface area (Å²) in [6.07, 6.45) is 0.484. The molecule has 0 atom stereocenters. The molecule has 0 saturated carbocycles. The van der Waals surface area contributed by atoms with E-state index in [1.807, 2.05) is 60.4 Å². The van der Waals surface area contributed by atoms with E-state index in [2.05, 4.69) is 17.2 Å². The van der Waals surface area contributed by atoms with Gasteiger partial charge in [0.15, 0.2) is 0 Å². The standard InChI is InChI=1S/C20H20N2O/c1-2-21-14-13-20(23)22-15-18-9-4-3-7-16(18)11-12-17-8-5-6-10-19(17)22/h3-10,21H,2,13-15H2,1H3. The van der Waals surface area contributed by atoms with E-state index in [1.54, 1.807) is 0 Å². The number of amides is 1. The van der Waals surface area contributed by atoms with Gasteiger partial charge in [0, 0.05) is 24.1 Å². The van der Waals surface area contributed by atoms with Crippen molar-refractivity contribution in [1.29, 1.82) is 0 Å². The highest BCUT2D eigenvalue weighted by atomic mass is 16.2. The number of fused-ring (bicyclic) bond motifs is 2. The number of rotatable bonds is 4. The van der Waals surface area contributed by atoms with Crippen LogP contribution in [0.2, 0.25) is 0 Å². The molecule has 3 heteroatoms. The number of carbonyl (C=O) groups excluding carboxylic acids is 1. The Morgan fingerprint density at radius 2 is 1.78 bits per heavy atom. The molecule has 0 spiro atoms. The topological polar surface area (TPSA) is 32.3 Å². The molecule has 0 fully saturated rings. The molecule has 2 aromatic rings. The van der Waals surface area contributed by atoms with Crippen LogP contribution in [0.5, 0.6) is 0 Å². The molecule has 0 saturated heterocycles. The van der Waals surface area contributed by atoms with Crippen molar-refractivity contribution in [3.05, 3.63) is 65.2 Å². The maximum absolute atomic E-state index is 12.7. The van der Waals surface area contributed by atoms with E-state index in [1.165, 1.54) is 0 Å². The number of carbonyl (C=O) groups is 1. The number of anilines is 1. The molecule has 1 aliphatic rings. The first kappa shape index (κ1) is 15.3. The molecule has 0 unspecified atom stereocenters. The summed E-state index contributed by atoms with van der Waals surface area (Å²) >= 11 is 0. The third kappa shape index (κ3) is 3.44. The van der Waals surface area contributed by atoms with Crippen molar-refractivity contribution >= 4 is 11.6 Å². The lowest BCUT2D eigenvalue weighted by molar-refractivity contribution is -0.118. The average Bonchev–Trinajstić information content (AvgIpc) is 2.57. The number of hydrogen-bond acceptors (Lipinski definition) is 2. The second-order valence-electron chi connectivity index (χ2n) is 5.51. The highest BCUT2D eigenvalue weighted by molar-refractivity contribution is 5.95. The van der Waals surface area contributed by atoms with Crippen LogP contribution in [0.3, 0.4) is 0 Å². The maximum atomic E-state index is 12.7. The Hall–Kier alpha value is -2.57. The Balaban J connectivity index is 1.99. The summed E-state index contributed by atoms with van der Waals surface area (Å²) in [5.41, 5.74) is 3.88. The fraction of sp³-hybridized carbons (Fsp3) is 0.250. The first-order chi connectivity index (χ1) is 11.3. The van der Waals surface area contributed by atoms with Crippen molar-refractivity contribution in [2.75, 3.05) is 18.0 Å². The zero-order chi connectivity index (χ0) is 16.1. The van der Waals surface area contributed by atoms with E-state index in [4.69, 9.17) is 0 Å². The second kappa shape index (κ2) is 7.13. The predicted octanol–water partition coefficient (Wildman–Crippen LogP) is 2.93.